The van der Waals surface area contributed by atoms with Gasteiger partial charge in [-0.1, -0.05) is 18.2 Å². The lowest BCUT2D eigenvalue weighted by Crippen LogP contribution is -2.47. The highest BCUT2D eigenvalue weighted by molar-refractivity contribution is 5.88. The zero-order valence-corrected chi connectivity index (χ0v) is 13.6. The second-order valence-electron chi connectivity index (χ2n) is 6.74. The third-order valence-electron chi connectivity index (χ3n) is 5.26. The number of hydrogen-bond donors (Lipinski definition) is 1. The van der Waals surface area contributed by atoms with Crippen molar-refractivity contribution < 1.29 is 9.18 Å². The van der Waals surface area contributed by atoms with Crippen molar-refractivity contribution in [3.05, 3.63) is 54.1 Å². The van der Waals surface area contributed by atoms with Crippen molar-refractivity contribution in [2.45, 2.75) is 30.8 Å². The Balaban J connectivity index is 1.62. The van der Waals surface area contributed by atoms with Gasteiger partial charge in [-0.2, -0.15) is 0 Å². The molecular weight excluding hydrogens is 305 g/mol. The molecule has 5 heteroatoms. The van der Waals surface area contributed by atoms with Crippen molar-refractivity contribution in [1.82, 2.24) is 15.2 Å². The smallest absolute Gasteiger partial charge is 0.242 e. The van der Waals surface area contributed by atoms with E-state index < -0.39 is 5.54 Å². The molecule has 2 fully saturated rings. The van der Waals surface area contributed by atoms with Gasteiger partial charge in [0.2, 0.25) is 5.91 Å². The molecule has 1 aromatic carbocycles. The molecule has 1 aromatic heterocycles. The fourth-order valence-electron chi connectivity index (χ4n) is 3.89. The van der Waals surface area contributed by atoms with E-state index in [1.807, 2.05) is 25.2 Å². The van der Waals surface area contributed by atoms with Crippen LogP contribution >= 0.6 is 0 Å². The first-order valence-corrected chi connectivity index (χ1v) is 8.33. The molecule has 2 saturated heterocycles. The van der Waals surface area contributed by atoms with Crippen molar-refractivity contribution >= 4 is 5.91 Å². The van der Waals surface area contributed by atoms with Crippen molar-refractivity contribution in [3.8, 4) is 11.1 Å². The van der Waals surface area contributed by atoms with Gasteiger partial charge < -0.3 is 4.90 Å². The summed E-state index contributed by atoms with van der Waals surface area (Å²) in [4.78, 5) is 18.7. The molecule has 2 aliphatic rings. The molecule has 0 bridgehead atoms. The van der Waals surface area contributed by atoms with Crippen LogP contribution < -0.4 is 5.32 Å². The van der Waals surface area contributed by atoms with Gasteiger partial charge in [-0.05, 0) is 43.0 Å². The predicted octanol–water partition coefficient (Wildman–Crippen LogP) is 2.91. The fraction of sp³-hybridized carbons (Fsp3) is 0.368. The predicted molar refractivity (Wildman–Crippen MR) is 89.7 cm³/mol. The summed E-state index contributed by atoms with van der Waals surface area (Å²) in [5.74, 6) is -0.0617. The summed E-state index contributed by atoms with van der Waals surface area (Å²) >= 11 is 0. The number of benzene rings is 1. The molecule has 0 aliphatic carbocycles. The summed E-state index contributed by atoms with van der Waals surface area (Å²) in [5, 5.41) is 3.51. The Hall–Kier alpha value is -2.27. The topological polar surface area (TPSA) is 45.2 Å². The van der Waals surface area contributed by atoms with Crippen LogP contribution in [0.1, 0.15) is 31.0 Å². The zero-order valence-electron chi connectivity index (χ0n) is 13.6. The molecule has 1 N–H and O–H groups in total. The lowest BCUT2D eigenvalue weighted by molar-refractivity contribution is -0.131. The Kier molecular flexibility index (Phi) is 3.61. The van der Waals surface area contributed by atoms with Crippen LogP contribution in [-0.2, 0) is 4.79 Å². The number of likely N-dealkylation sites (tertiary alicyclic amines) is 1. The lowest BCUT2D eigenvalue weighted by atomic mass is 9.96. The Labute approximate surface area is 140 Å². The number of likely N-dealkylation sites (N-methyl/N-ethyl adjacent to an activating group) is 1. The highest BCUT2D eigenvalue weighted by atomic mass is 19.1. The Morgan fingerprint density at radius 3 is 2.88 bits per heavy atom. The number of nitrogens with zero attached hydrogens (tertiary/aromatic N) is 2. The van der Waals surface area contributed by atoms with Crippen LogP contribution in [0.25, 0.3) is 11.1 Å². The maximum Gasteiger partial charge on any atom is 0.242 e. The number of nitrogens with one attached hydrogen (secondary N) is 1. The Morgan fingerprint density at radius 2 is 2.12 bits per heavy atom. The van der Waals surface area contributed by atoms with Gasteiger partial charge in [0.25, 0.3) is 0 Å². The number of aromatic nitrogens is 1. The molecule has 1 spiro atoms. The molecular formula is C19H20FN3O. The van der Waals surface area contributed by atoms with Crippen molar-refractivity contribution in [3.63, 3.8) is 0 Å². The molecule has 0 unspecified atom stereocenters. The fourth-order valence-corrected chi connectivity index (χ4v) is 3.89. The maximum absolute atomic E-state index is 14.0. The normalized spacial score (nSPS) is 26.5. The zero-order chi connectivity index (χ0) is 16.7. The summed E-state index contributed by atoms with van der Waals surface area (Å²) < 4.78 is 14.0. The summed E-state index contributed by atoms with van der Waals surface area (Å²) in [6, 6.07) is 10.5. The molecule has 2 aliphatic heterocycles. The first kappa shape index (κ1) is 15.3. The molecule has 24 heavy (non-hydrogen) atoms. The Morgan fingerprint density at radius 1 is 1.29 bits per heavy atom. The van der Waals surface area contributed by atoms with E-state index in [0.29, 0.717) is 5.56 Å². The molecule has 0 saturated carbocycles. The molecule has 1 amide bonds. The first-order valence-electron chi connectivity index (χ1n) is 8.33. The second kappa shape index (κ2) is 5.67. The van der Waals surface area contributed by atoms with Crippen LogP contribution in [0.5, 0.6) is 0 Å². The quantitative estimate of drug-likeness (QED) is 0.923. The minimum Gasteiger partial charge on any atom is -0.344 e. The van der Waals surface area contributed by atoms with Crippen LogP contribution in [0.2, 0.25) is 0 Å². The van der Waals surface area contributed by atoms with Crippen molar-refractivity contribution in [1.29, 1.82) is 0 Å². The van der Waals surface area contributed by atoms with Gasteiger partial charge in [0.05, 0.1) is 11.7 Å². The minimum atomic E-state index is -0.435. The molecule has 2 aromatic rings. The summed E-state index contributed by atoms with van der Waals surface area (Å²) in [6.45, 7) is 0.793. The van der Waals surface area contributed by atoms with Crippen LogP contribution in [0.4, 0.5) is 4.39 Å². The number of carbonyl (C=O) groups is 1. The number of rotatable bonds is 2. The average molecular weight is 325 g/mol. The van der Waals surface area contributed by atoms with E-state index in [4.69, 9.17) is 0 Å². The van der Waals surface area contributed by atoms with Crippen molar-refractivity contribution in [2.75, 3.05) is 13.6 Å². The van der Waals surface area contributed by atoms with E-state index in [1.165, 1.54) is 6.07 Å². The van der Waals surface area contributed by atoms with Gasteiger partial charge in [-0.3, -0.25) is 15.1 Å². The van der Waals surface area contributed by atoms with Crippen LogP contribution in [0, 0.1) is 5.82 Å². The van der Waals surface area contributed by atoms with Gasteiger partial charge in [0, 0.05) is 25.4 Å². The SMILES string of the molecule is CN1CC[C@]2(CC[C@@H](c3cc(-c4ccccc4F)ccn3)N2)C1=O. The van der Waals surface area contributed by atoms with Crippen LogP contribution in [0.15, 0.2) is 42.6 Å². The third kappa shape index (κ3) is 2.40. The Bertz CT molecular complexity index is 794. The number of hydrogen-bond acceptors (Lipinski definition) is 3. The average Bonchev–Trinajstić information content (AvgIpc) is 3.16. The lowest BCUT2D eigenvalue weighted by Gasteiger charge is -2.23. The second-order valence-corrected chi connectivity index (χ2v) is 6.74. The van der Waals surface area contributed by atoms with Gasteiger partial charge in [-0.15, -0.1) is 0 Å². The van der Waals surface area contributed by atoms with E-state index in [9.17, 15) is 9.18 Å². The molecule has 4 rings (SSSR count). The third-order valence-corrected chi connectivity index (χ3v) is 5.26. The summed E-state index contributed by atoms with van der Waals surface area (Å²) in [7, 11) is 1.85. The van der Waals surface area contributed by atoms with E-state index in [1.54, 1.807) is 23.2 Å². The van der Waals surface area contributed by atoms with Gasteiger partial charge >= 0.3 is 0 Å². The number of carbonyl (C=O) groups excluding carboxylic acids is 1. The molecule has 124 valence electrons. The van der Waals surface area contributed by atoms with E-state index >= 15 is 0 Å². The van der Waals surface area contributed by atoms with Gasteiger partial charge in [0.15, 0.2) is 0 Å². The molecule has 0 radical (unpaired) electrons. The standard InChI is InChI=1S/C19H20FN3O/c1-23-11-9-19(18(23)24)8-6-16(22-19)17-12-13(7-10-21-17)14-4-2-3-5-15(14)20/h2-5,7,10,12,16,22H,6,8-9,11H2,1H3/t16-,19+/m0/s1. The monoisotopic (exact) mass is 325 g/mol. The highest BCUT2D eigenvalue weighted by Crippen LogP contribution is 2.39. The number of halogens is 1. The van der Waals surface area contributed by atoms with Crippen LogP contribution in [0.3, 0.4) is 0 Å². The minimum absolute atomic E-state index is 0.0344. The molecule has 3 heterocycles. The van der Waals surface area contributed by atoms with E-state index in [2.05, 4.69) is 10.3 Å². The van der Waals surface area contributed by atoms with E-state index in [-0.39, 0.29) is 17.8 Å². The van der Waals surface area contributed by atoms with Gasteiger partial charge in [0.1, 0.15) is 11.4 Å². The molecule has 2 atom stereocenters. The number of amides is 1. The number of pyridine rings is 1. The van der Waals surface area contributed by atoms with Crippen LogP contribution in [-0.4, -0.2) is 34.9 Å². The highest BCUT2D eigenvalue weighted by Gasteiger charge is 2.50. The van der Waals surface area contributed by atoms with Gasteiger partial charge in [-0.25, -0.2) is 4.39 Å². The maximum atomic E-state index is 14.0. The first-order chi connectivity index (χ1) is 11.6. The molecule has 4 nitrogen and oxygen atoms in total. The van der Waals surface area contributed by atoms with E-state index in [0.717, 1.165) is 37.1 Å². The summed E-state index contributed by atoms with van der Waals surface area (Å²) in [5.41, 5.74) is 1.82. The largest absolute Gasteiger partial charge is 0.344 e. The summed E-state index contributed by atoms with van der Waals surface area (Å²) in [6.07, 6.45) is 4.25. The van der Waals surface area contributed by atoms with Crippen molar-refractivity contribution in [2.24, 2.45) is 0 Å².